The Morgan fingerprint density at radius 1 is 1.39 bits per heavy atom. The second-order valence-electron chi connectivity index (χ2n) is 3.87. The van der Waals surface area contributed by atoms with Crippen LogP contribution in [0.25, 0.3) is 0 Å². The minimum Gasteiger partial charge on any atom is -0.382 e. The van der Waals surface area contributed by atoms with E-state index in [1.165, 1.54) is 0 Å². The van der Waals surface area contributed by atoms with Gasteiger partial charge in [0.15, 0.2) is 0 Å². The first kappa shape index (κ1) is 14.6. The molecule has 1 rings (SSSR count). The largest absolute Gasteiger partial charge is 0.382 e. The van der Waals surface area contributed by atoms with E-state index >= 15 is 0 Å². The summed E-state index contributed by atoms with van der Waals surface area (Å²) in [5.41, 5.74) is 7.38. The van der Waals surface area contributed by atoms with Crippen molar-refractivity contribution in [2.24, 2.45) is 5.73 Å². The number of anilines is 1. The molecular weight excluding hydrogens is 232 g/mol. The fraction of sp³-hybridized carbons (Fsp3) is 0.462. The third-order valence-electron chi connectivity index (χ3n) is 2.56. The number of carbonyl (C=O) groups is 1. The lowest BCUT2D eigenvalue weighted by Crippen LogP contribution is -2.30. The number of likely N-dealkylation sites (N-methyl/N-ethyl adjacent to an activating group) is 1. The third-order valence-corrected chi connectivity index (χ3v) is 2.56. The van der Waals surface area contributed by atoms with Crippen molar-refractivity contribution in [2.45, 2.75) is 6.54 Å². The molecule has 1 amide bonds. The van der Waals surface area contributed by atoms with Crippen LogP contribution in [0, 0.1) is 0 Å². The van der Waals surface area contributed by atoms with E-state index in [1.54, 1.807) is 19.1 Å². The Kier molecular flexibility index (Phi) is 6.35. The number of nitrogens with zero attached hydrogens (tertiary/aromatic N) is 1. The Balaban J connectivity index is 2.51. The molecule has 100 valence electrons. The van der Waals surface area contributed by atoms with Gasteiger partial charge in [0.25, 0.3) is 5.91 Å². The molecule has 0 atom stereocenters. The maximum atomic E-state index is 11.8. The van der Waals surface area contributed by atoms with Gasteiger partial charge in [-0.15, -0.1) is 0 Å². The molecule has 0 unspecified atom stereocenters. The number of amides is 1. The van der Waals surface area contributed by atoms with Gasteiger partial charge in [-0.1, -0.05) is 12.1 Å². The number of hydrogen-bond donors (Lipinski definition) is 1. The Morgan fingerprint density at radius 3 is 2.83 bits per heavy atom. The maximum Gasteiger partial charge on any atom is 0.252 e. The molecule has 0 bridgehead atoms. The molecule has 0 saturated carbocycles. The number of carbonyl (C=O) groups excluding carboxylic acids is 1. The second kappa shape index (κ2) is 7.81. The quantitative estimate of drug-likeness (QED) is 0.728. The van der Waals surface area contributed by atoms with Crippen molar-refractivity contribution in [1.82, 2.24) is 0 Å². The molecule has 18 heavy (non-hydrogen) atoms. The number of benzene rings is 1. The summed E-state index contributed by atoms with van der Waals surface area (Å²) in [5, 5.41) is 0. The van der Waals surface area contributed by atoms with Crippen LogP contribution >= 0.6 is 0 Å². The van der Waals surface area contributed by atoms with E-state index in [9.17, 15) is 4.79 Å². The molecule has 0 heterocycles. The molecule has 0 radical (unpaired) electrons. The summed E-state index contributed by atoms with van der Waals surface area (Å²) in [4.78, 5) is 13.4. The van der Waals surface area contributed by atoms with Crippen LogP contribution in [0.15, 0.2) is 24.3 Å². The van der Waals surface area contributed by atoms with E-state index < -0.39 is 0 Å². The highest BCUT2D eigenvalue weighted by Crippen LogP contribution is 2.14. The summed E-state index contributed by atoms with van der Waals surface area (Å²) < 4.78 is 10.0. The molecule has 0 fully saturated rings. The van der Waals surface area contributed by atoms with Crippen LogP contribution in [-0.2, 0) is 20.8 Å². The molecule has 0 spiro atoms. The molecule has 0 aromatic heterocycles. The van der Waals surface area contributed by atoms with Gasteiger partial charge in [-0.2, -0.15) is 0 Å². The van der Waals surface area contributed by atoms with Crippen LogP contribution in [0.4, 0.5) is 5.69 Å². The second-order valence-corrected chi connectivity index (χ2v) is 3.87. The predicted molar refractivity (Wildman–Crippen MR) is 70.4 cm³/mol. The van der Waals surface area contributed by atoms with Gasteiger partial charge in [0.1, 0.15) is 6.61 Å². The van der Waals surface area contributed by atoms with Gasteiger partial charge in [-0.3, -0.25) is 4.79 Å². The summed E-state index contributed by atoms with van der Waals surface area (Å²) in [6.07, 6.45) is 0. The first-order chi connectivity index (χ1) is 8.69. The van der Waals surface area contributed by atoms with E-state index in [1.807, 2.05) is 24.3 Å². The van der Waals surface area contributed by atoms with Crippen molar-refractivity contribution in [3.63, 3.8) is 0 Å². The van der Waals surface area contributed by atoms with Crippen molar-refractivity contribution in [1.29, 1.82) is 0 Å². The molecule has 1 aromatic carbocycles. The summed E-state index contributed by atoms with van der Waals surface area (Å²) in [6.45, 7) is 1.41. The van der Waals surface area contributed by atoms with Crippen molar-refractivity contribution < 1.29 is 14.3 Å². The molecule has 0 saturated heterocycles. The average Bonchev–Trinajstić information content (AvgIpc) is 2.42. The first-order valence-electron chi connectivity index (χ1n) is 5.81. The zero-order valence-electron chi connectivity index (χ0n) is 10.9. The van der Waals surface area contributed by atoms with E-state index in [2.05, 4.69) is 0 Å². The number of rotatable bonds is 7. The van der Waals surface area contributed by atoms with Crippen LogP contribution in [0.2, 0.25) is 0 Å². The van der Waals surface area contributed by atoms with E-state index in [0.717, 1.165) is 11.3 Å². The molecule has 2 N–H and O–H groups in total. The zero-order valence-corrected chi connectivity index (χ0v) is 10.9. The summed E-state index contributed by atoms with van der Waals surface area (Å²) in [5.74, 6) is -0.0970. The highest BCUT2D eigenvalue weighted by Gasteiger charge is 2.11. The van der Waals surface area contributed by atoms with Gasteiger partial charge >= 0.3 is 0 Å². The lowest BCUT2D eigenvalue weighted by molar-refractivity contribution is -0.123. The van der Waals surface area contributed by atoms with E-state index in [-0.39, 0.29) is 12.5 Å². The van der Waals surface area contributed by atoms with Crippen LogP contribution in [0.3, 0.4) is 0 Å². The molecule has 5 heteroatoms. The summed E-state index contributed by atoms with van der Waals surface area (Å²) >= 11 is 0. The highest BCUT2D eigenvalue weighted by atomic mass is 16.5. The van der Waals surface area contributed by atoms with Crippen molar-refractivity contribution in [2.75, 3.05) is 38.9 Å². The van der Waals surface area contributed by atoms with Crippen molar-refractivity contribution >= 4 is 11.6 Å². The van der Waals surface area contributed by atoms with Crippen LogP contribution in [0.5, 0.6) is 0 Å². The monoisotopic (exact) mass is 252 g/mol. The lowest BCUT2D eigenvalue weighted by Gasteiger charge is -2.18. The smallest absolute Gasteiger partial charge is 0.252 e. The number of hydrogen-bond acceptors (Lipinski definition) is 4. The molecule has 5 nitrogen and oxygen atoms in total. The molecule has 0 aliphatic carbocycles. The summed E-state index contributed by atoms with van der Waals surface area (Å²) in [6, 6.07) is 7.57. The predicted octanol–water partition coefficient (Wildman–Crippen LogP) is 0.771. The SMILES string of the molecule is COCCOCC(=O)N(C)c1cccc(CN)c1. The van der Waals surface area contributed by atoms with Gasteiger partial charge < -0.3 is 20.1 Å². The topological polar surface area (TPSA) is 64.8 Å². The van der Waals surface area contributed by atoms with Gasteiger partial charge in [-0.25, -0.2) is 0 Å². The van der Waals surface area contributed by atoms with Gasteiger partial charge in [0, 0.05) is 26.4 Å². The fourth-order valence-electron chi connectivity index (χ4n) is 1.43. The van der Waals surface area contributed by atoms with E-state index in [4.69, 9.17) is 15.2 Å². The van der Waals surface area contributed by atoms with E-state index in [0.29, 0.717) is 19.8 Å². The minimum absolute atomic E-state index is 0.0483. The Labute approximate surface area is 107 Å². The number of methoxy groups -OCH3 is 1. The fourth-order valence-corrected chi connectivity index (χ4v) is 1.43. The Bertz CT molecular complexity index is 382. The highest BCUT2D eigenvalue weighted by molar-refractivity contribution is 5.93. The Morgan fingerprint density at radius 2 is 2.17 bits per heavy atom. The van der Waals surface area contributed by atoms with Crippen molar-refractivity contribution in [3.05, 3.63) is 29.8 Å². The third kappa shape index (κ3) is 4.44. The van der Waals surface area contributed by atoms with Crippen LogP contribution in [0.1, 0.15) is 5.56 Å². The standard InChI is InChI=1S/C13H20N2O3/c1-15(13(16)10-18-7-6-17-2)12-5-3-4-11(8-12)9-14/h3-5,8H,6-7,9-10,14H2,1-2H3. The average molecular weight is 252 g/mol. The Hall–Kier alpha value is -1.43. The normalized spacial score (nSPS) is 10.4. The first-order valence-corrected chi connectivity index (χ1v) is 5.81. The van der Waals surface area contributed by atoms with Gasteiger partial charge in [0.2, 0.25) is 0 Å². The minimum atomic E-state index is -0.0970. The van der Waals surface area contributed by atoms with Crippen molar-refractivity contribution in [3.8, 4) is 0 Å². The van der Waals surface area contributed by atoms with Gasteiger partial charge in [0.05, 0.1) is 13.2 Å². The molecule has 1 aromatic rings. The number of ether oxygens (including phenoxy) is 2. The maximum absolute atomic E-state index is 11.8. The zero-order chi connectivity index (χ0) is 13.4. The molecule has 0 aliphatic heterocycles. The lowest BCUT2D eigenvalue weighted by atomic mass is 10.2. The van der Waals surface area contributed by atoms with Gasteiger partial charge in [-0.05, 0) is 17.7 Å². The number of nitrogens with two attached hydrogens (primary N) is 1. The molecular formula is C13H20N2O3. The van der Waals surface area contributed by atoms with Crippen LogP contribution in [-0.4, -0.2) is 39.9 Å². The summed E-state index contributed by atoms with van der Waals surface area (Å²) in [7, 11) is 3.31. The van der Waals surface area contributed by atoms with Crippen LogP contribution < -0.4 is 10.6 Å². The molecule has 0 aliphatic rings.